The van der Waals surface area contributed by atoms with E-state index in [1.54, 1.807) is 18.2 Å². The van der Waals surface area contributed by atoms with Crippen LogP contribution in [0.25, 0.3) is 0 Å². The van der Waals surface area contributed by atoms with Gasteiger partial charge in [-0.2, -0.15) is 0 Å². The molecule has 0 saturated carbocycles. The van der Waals surface area contributed by atoms with E-state index >= 15 is 0 Å². The van der Waals surface area contributed by atoms with Crippen molar-refractivity contribution in [2.45, 2.75) is 20.8 Å². The number of carbonyl (C=O) groups is 1. The Morgan fingerprint density at radius 2 is 1.68 bits per heavy atom. The Bertz CT molecular complexity index is 859. The molecule has 0 unspecified atom stereocenters. The van der Waals surface area contributed by atoms with Crippen LogP contribution in [0.15, 0.2) is 42.5 Å². The highest BCUT2D eigenvalue weighted by molar-refractivity contribution is 7.92. The first-order chi connectivity index (χ1) is 11.7. The molecule has 1 N–H and O–H groups in total. The Morgan fingerprint density at radius 3 is 2.28 bits per heavy atom. The second-order valence-corrected chi connectivity index (χ2v) is 8.08. The number of carbonyl (C=O) groups excluding carboxylic acids is 1. The van der Waals surface area contributed by atoms with Gasteiger partial charge in [-0.15, -0.1) is 0 Å². The summed E-state index contributed by atoms with van der Waals surface area (Å²) in [6, 6.07) is 12.8. The SMILES string of the molecule is Cc1ccc(C(=O)NCCN(c2cccc(C)c2C)S(C)(=O)=O)cc1. The Labute approximate surface area is 149 Å². The van der Waals surface area contributed by atoms with Gasteiger partial charge in [0.15, 0.2) is 0 Å². The van der Waals surface area contributed by atoms with Gasteiger partial charge in [-0.25, -0.2) is 8.42 Å². The van der Waals surface area contributed by atoms with Gasteiger partial charge in [0.2, 0.25) is 10.0 Å². The van der Waals surface area contributed by atoms with E-state index in [4.69, 9.17) is 0 Å². The molecule has 2 aromatic carbocycles. The first-order valence-electron chi connectivity index (χ1n) is 8.09. The van der Waals surface area contributed by atoms with E-state index in [-0.39, 0.29) is 19.0 Å². The zero-order chi connectivity index (χ0) is 18.6. The number of anilines is 1. The molecule has 2 rings (SSSR count). The van der Waals surface area contributed by atoms with Crippen LogP contribution >= 0.6 is 0 Å². The third-order valence-corrected chi connectivity index (χ3v) is 5.34. The zero-order valence-electron chi connectivity index (χ0n) is 15.0. The molecule has 0 radical (unpaired) electrons. The van der Waals surface area contributed by atoms with Crippen molar-refractivity contribution in [1.29, 1.82) is 0 Å². The van der Waals surface area contributed by atoms with Crippen LogP contribution < -0.4 is 9.62 Å². The number of nitrogens with one attached hydrogen (secondary N) is 1. The molecule has 0 aromatic heterocycles. The van der Waals surface area contributed by atoms with E-state index in [0.717, 1.165) is 16.7 Å². The predicted octanol–water partition coefficient (Wildman–Crippen LogP) is 2.81. The molecule has 0 saturated heterocycles. The summed E-state index contributed by atoms with van der Waals surface area (Å²) in [4.78, 5) is 12.2. The molecule has 134 valence electrons. The predicted molar refractivity (Wildman–Crippen MR) is 102 cm³/mol. The van der Waals surface area contributed by atoms with Crippen LogP contribution in [0.5, 0.6) is 0 Å². The van der Waals surface area contributed by atoms with E-state index in [1.165, 1.54) is 10.6 Å². The maximum Gasteiger partial charge on any atom is 0.251 e. The molecule has 0 aliphatic carbocycles. The summed E-state index contributed by atoms with van der Waals surface area (Å²) in [5.74, 6) is -0.214. The lowest BCUT2D eigenvalue weighted by molar-refractivity contribution is 0.0955. The molecule has 0 heterocycles. The number of hydrogen-bond donors (Lipinski definition) is 1. The first kappa shape index (κ1) is 19.0. The minimum Gasteiger partial charge on any atom is -0.350 e. The summed E-state index contributed by atoms with van der Waals surface area (Å²) in [5.41, 5.74) is 4.22. The number of aryl methyl sites for hydroxylation is 2. The fraction of sp³-hybridized carbons (Fsp3) is 0.316. The van der Waals surface area contributed by atoms with Gasteiger partial charge in [0, 0.05) is 12.1 Å². The molecule has 0 fully saturated rings. The van der Waals surface area contributed by atoms with Gasteiger partial charge in [0.1, 0.15) is 0 Å². The Hall–Kier alpha value is -2.34. The van der Waals surface area contributed by atoms with Gasteiger partial charge in [0.25, 0.3) is 5.91 Å². The lowest BCUT2D eigenvalue weighted by atomic mass is 10.1. The normalized spacial score (nSPS) is 11.2. The van der Waals surface area contributed by atoms with Gasteiger partial charge < -0.3 is 5.32 Å². The zero-order valence-corrected chi connectivity index (χ0v) is 15.9. The summed E-state index contributed by atoms with van der Waals surface area (Å²) in [6.45, 7) is 6.20. The third kappa shape index (κ3) is 4.82. The van der Waals surface area contributed by atoms with E-state index in [9.17, 15) is 13.2 Å². The van der Waals surface area contributed by atoms with Crippen molar-refractivity contribution < 1.29 is 13.2 Å². The monoisotopic (exact) mass is 360 g/mol. The molecule has 5 nitrogen and oxygen atoms in total. The maximum absolute atomic E-state index is 12.2. The third-order valence-electron chi connectivity index (χ3n) is 4.16. The largest absolute Gasteiger partial charge is 0.350 e. The van der Waals surface area contributed by atoms with Crippen molar-refractivity contribution in [1.82, 2.24) is 5.32 Å². The molecule has 1 amide bonds. The molecule has 2 aromatic rings. The van der Waals surface area contributed by atoms with Gasteiger partial charge in [-0.1, -0.05) is 29.8 Å². The van der Waals surface area contributed by atoms with Gasteiger partial charge in [0.05, 0.1) is 18.5 Å². The highest BCUT2D eigenvalue weighted by atomic mass is 32.2. The molecular formula is C19H24N2O3S. The van der Waals surface area contributed by atoms with E-state index in [1.807, 2.05) is 45.0 Å². The molecule has 6 heteroatoms. The van der Waals surface area contributed by atoms with Crippen LogP contribution in [-0.2, 0) is 10.0 Å². The fourth-order valence-electron chi connectivity index (χ4n) is 2.55. The highest BCUT2D eigenvalue weighted by Crippen LogP contribution is 2.24. The molecule has 0 atom stereocenters. The summed E-state index contributed by atoms with van der Waals surface area (Å²) in [7, 11) is -3.44. The van der Waals surface area contributed by atoms with Gasteiger partial charge >= 0.3 is 0 Å². The summed E-state index contributed by atoms with van der Waals surface area (Å²) in [6.07, 6.45) is 1.18. The van der Waals surface area contributed by atoms with Crippen molar-refractivity contribution >= 4 is 21.6 Å². The standard InChI is InChI=1S/C19H24N2O3S/c1-14-8-10-17(11-9-14)19(22)20-12-13-21(25(4,23)24)18-7-5-6-15(2)16(18)3/h5-11H,12-13H2,1-4H3,(H,20,22). The fourth-order valence-corrected chi connectivity index (χ4v) is 3.53. The Kier molecular flexibility index (Phi) is 5.85. The van der Waals surface area contributed by atoms with Crippen LogP contribution in [0, 0.1) is 20.8 Å². The number of sulfonamides is 1. The van der Waals surface area contributed by atoms with E-state index in [2.05, 4.69) is 5.32 Å². The lowest BCUT2D eigenvalue weighted by Gasteiger charge is -2.25. The summed E-state index contributed by atoms with van der Waals surface area (Å²) >= 11 is 0. The average Bonchev–Trinajstić information content (AvgIpc) is 2.54. The van der Waals surface area contributed by atoms with Gasteiger partial charge in [-0.05, 0) is 50.1 Å². The second kappa shape index (κ2) is 7.70. The topological polar surface area (TPSA) is 66.5 Å². The van der Waals surface area contributed by atoms with Crippen molar-refractivity contribution in [3.63, 3.8) is 0 Å². The molecular weight excluding hydrogens is 336 g/mol. The summed E-state index contributed by atoms with van der Waals surface area (Å²) in [5, 5.41) is 2.78. The van der Waals surface area contributed by atoms with Crippen molar-refractivity contribution in [2.24, 2.45) is 0 Å². The highest BCUT2D eigenvalue weighted by Gasteiger charge is 2.19. The van der Waals surface area contributed by atoms with E-state index < -0.39 is 10.0 Å². The molecule has 0 spiro atoms. The van der Waals surface area contributed by atoms with Crippen LogP contribution in [0.2, 0.25) is 0 Å². The van der Waals surface area contributed by atoms with Crippen LogP contribution in [0.4, 0.5) is 5.69 Å². The quantitative estimate of drug-likeness (QED) is 0.861. The average molecular weight is 360 g/mol. The van der Waals surface area contributed by atoms with Crippen LogP contribution in [-0.4, -0.2) is 33.7 Å². The minimum atomic E-state index is -3.44. The number of nitrogens with zero attached hydrogens (tertiary/aromatic N) is 1. The van der Waals surface area contributed by atoms with Crippen LogP contribution in [0.1, 0.15) is 27.0 Å². The Morgan fingerprint density at radius 1 is 1.04 bits per heavy atom. The first-order valence-corrected chi connectivity index (χ1v) is 9.94. The van der Waals surface area contributed by atoms with Crippen molar-refractivity contribution in [2.75, 3.05) is 23.7 Å². The van der Waals surface area contributed by atoms with Crippen molar-refractivity contribution in [3.8, 4) is 0 Å². The second-order valence-electron chi connectivity index (χ2n) is 6.18. The molecule has 0 bridgehead atoms. The number of rotatable bonds is 6. The van der Waals surface area contributed by atoms with Crippen LogP contribution in [0.3, 0.4) is 0 Å². The number of amides is 1. The number of hydrogen-bond acceptors (Lipinski definition) is 3. The minimum absolute atomic E-state index is 0.181. The smallest absolute Gasteiger partial charge is 0.251 e. The molecule has 25 heavy (non-hydrogen) atoms. The van der Waals surface area contributed by atoms with Crippen molar-refractivity contribution in [3.05, 3.63) is 64.7 Å². The Balaban J connectivity index is 2.10. The molecule has 0 aliphatic heterocycles. The lowest BCUT2D eigenvalue weighted by Crippen LogP contribution is -2.38. The molecule has 0 aliphatic rings. The van der Waals surface area contributed by atoms with Gasteiger partial charge in [-0.3, -0.25) is 9.10 Å². The number of benzene rings is 2. The maximum atomic E-state index is 12.2. The summed E-state index contributed by atoms with van der Waals surface area (Å²) < 4.78 is 25.7. The van der Waals surface area contributed by atoms with E-state index in [0.29, 0.717) is 11.3 Å².